The van der Waals surface area contributed by atoms with Gasteiger partial charge in [-0.3, -0.25) is 4.79 Å². The van der Waals surface area contributed by atoms with Gasteiger partial charge in [-0.2, -0.15) is 0 Å². The van der Waals surface area contributed by atoms with Gasteiger partial charge in [0.1, 0.15) is 29.6 Å². The van der Waals surface area contributed by atoms with Crippen LogP contribution in [0, 0.1) is 0 Å². The molecule has 0 fully saturated rings. The van der Waals surface area contributed by atoms with E-state index >= 15 is 0 Å². The number of methoxy groups -OCH3 is 1. The van der Waals surface area contributed by atoms with Gasteiger partial charge in [0.2, 0.25) is 5.78 Å². The number of hydrogen-bond acceptors (Lipinski definition) is 6. The first-order valence-corrected chi connectivity index (χ1v) is 11.7. The van der Waals surface area contributed by atoms with Crippen LogP contribution in [-0.4, -0.2) is 19.7 Å². The van der Waals surface area contributed by atoms with E-state index in [1.54, 1.807) is 31.4 Å². The number of hydrogen-bond donors (Lipinski definition) is 0. The van der Waals surface area contributed by atoms with Gasteiger partial charge in [-0.25, -0.2) is 0 Å². The number of rotatable bonds is 5. The third-order valence-corrected chi connectivity index (χ3v) is 6.22. The second-order valence-electron chi connectivity index (χ2n) is 7.44. The van der Waals surface area contributed by atoms with Gasteiger partial charge in [0.25, 0.3) is 0 Å². The number of benzene rings is 3. The van der Waals surface area contributed by atoms with E-state index < -0.39 is 0 Å². The number of Topliss-reactive ketones (excluding diaryl/α,β-unsaturated/α-hetero) is 1. The Balaban J connectivity index is 1.36. The molecular weight excluding hydrogens is 556 g/mol. The molecule has 0 N–H and O–H groups in total. The molecule has 2 aliphatic heterocycles. The van der Waals surface area contributed by atoms with E-state index in [0.717, 1.165) is 31.4 Å². The molecular formula is C25H18Br2O6. The van der Waals surface area contributed by atoms with Crippen molar-refractivity contribution in [1.82, 2.24) is 0 Å². The Morgan fingerprint density at radius 2 is 1.94 bits per heavy atom. The van der Waals surface area contributed by atoms with Gasteiger partial charge in [-0.15, -0.1) is 0 Å². The summed E-state index contributed by atoms with van der Waals surface area (Å²) in [6.07, 6.45) is 1.68. The van der Waals surface area contributed by atoms with E-state index in [9.17, 15) is 4.79 Å². The lowest BCUT2D eigenvalue weighted by atomic mass is 10.1. The number of allylic oxidation sites excluding steroid dienone is 1. The molecule has 168 valence electrons. The molecule has 2 heterocycles. The van der Waals surface area contributed by atoms with Crippen molar-refractivity contribution in [3.63, 3.8) is 0 Å². The minimum atomic E-state index is -0.187. The summed E-state index contributed by atoms with van der Waals surface area (Å²) < 4.78 is 30.1. The summed E-state index contributed by atoms with van der Waals surface area (Å²) in [6, 6.07) is 14.7. The second-order valence-corrected chi connectivity index (χ2v) is 9.27. The first-order chi connectivity index (χ1) is 16.0. The molecule has 3 aromatic rings. The van der Waals surface area contributed by atoms with Gasteiger partial charge in [-0.05, 0) is 48.5 Å². The summed E-state index contributed by atoms with van der Waals surface area (Å²) in [5.41, 5.74) is 3.10. The fourth-order valence-corrected chi connectivity index (χ4v) is 4.67. The maximum atomic E-state index is 12.9. The van der Waals surface area contributed by atoms with Crippen LogP contribution in [0.4, 0.5) is 0 Å². The van der Waals surface area contributed by atoms with E-state index in [2.05, 4.69) is 31.9 Å². The van der Waals surface area contributed by atoms with Crippen LogP contribution in [0.15, 0.2) is 63.2 Å². The SMILES string of the molecule is COc1ccc(Br)cc1/C=C1\Oc2cc(OCc3cc(Br)cc4c3OCOC4)ccc2C1=O. The molecule has 33 heavy (non-hydrogen) atoms. The number of fused-ring (bicyclic) bond motifs is 2. The van der Waals surface area contributed by atoms with Crippen LogP contribution in [0.5, 0.6) is 23.0 Å². The largest absolute Gasteiger partial charge is 0.496 e. The summed E-state index contributed by atoms with van der Waals surface area (Å²) in [5.74, 6) is 2.51. The average Bonchev–Trinajstić information content (AvgIpc) is 3.12. The monoisotopic (exact) mass is 572 g/mol. The fraction of sp³-hybridized carbons (Fsp3) is 0.160. The molecule has 3 aromatic carbocycles. The average molecular weight is 574 g/mol. The molecule has 0 aliphatic carbocycles. The van der Waals surface area contributed by atoms with Crippen LogP contribution in [0.25, 0.3) is 6.08 Å². The lowest BCUT2D eigenvalue weighted by molar-refractivity contribution is -0.0176. The number of halogens is 2. The number of carbonyl (C=O) groups is 1. The molecule has 0 saturated heterocycles. The summed E-state index contributed by atoms with van der Waals surface area (Å²) in [6.45, 7) is 1.01. The lowest BCUT2D eigenvalue weighted by Crippen LogP contribution is -2.14. The van der Waals surface area contributed by atoms with E-state index in [-0.39, 0.29) is 18.3 Å². The fourth-order valence-electron chi connectivity index (χ4n) is 3.74. The Kier molecular flexibility index (Phi) is 6.14. The minimum Gasteiger partial charge on any atom is -0.496 e. The Bertz CT molecular complexity index is 1280. The summed E-state index contributed by atoms with van der Waals surface area (Å²) in [4.78, 5) is 12.9. The van der Waals surface area contributed by atoms with Crippen LogP contribution in [0.2, 0.25) is 0 Å². The topological polar surface area (TPSA) is 63.2 Å². The lowest BCUT2D eigenvalue weighted by Gasteiger charge is -2.21. The van der Waals surface area contributed by atoms with Crippen LogP contribution in [0.3, 0.4) is 0 Å². The Morgan fingerprint density at radius 3 is 2.79 bits per heavy atom. The van der Waals surface area contributed by atoms with Crippen molar-refractivity contribution < 1.29 is 28.5 Å². The van der Waals surface area contributed by atoms with Crippen LogP contribution < -0.4 is 18.9 Å². The molecule has 5 rings (SSSR count). The molecule has 0 unspecified atom stereocenters. The van der Waals surface area contributed by atoms with E-state index in [1.165, 1.54) is 0 Å². The third kappa shape index (κ3) is 4.51. The van der Waals surface area contributed by atoms with Gasteiger partial charge in [-0.1, -0.05) is 31.9 Å². The van der Waals surface area contributed by atoms with Crippen molar-refractivity contribution in [1.29, 1.82) is 0 Å². The minimum absolute atomic E-state index is 0.187. The number of ether oxygens (including phenoxy) is 5. The highest BCUT2D eigenvalue weighted by atomic mass is 79.9. The Morgan fingerprint density at radius 1 is 1.06 bits per heavy atom. The van der Waals surface area contributed by atoms with E-state index in [4.69, 9.17) is 23.7 Å². The Labute approximate surface area is 207 Å². The van der Waals surface area contributed by atoms with Crippen molar-refractivity contribution >= 4 is 43.7 Å². The zero-order chi connectivity index (χ0) is 22.9. The number of ketones is 1. The highest BCUT2D eigenvalue weighted by Gasteiger charge is 2.28. The van der Waals surface area contributed by atoms with Gasteiger partial charge in [0.15, 0.2) is 12.6 Å². The van der Waals surface area contributed by atoms with Crippen molar-refractivity contribution in [3.05, 3.63) is 85.5 Å². The normalized spacial score (nSPS) is 15.5. The second kappa shape index (κ2) is 9.21. The van der Waals surface area contributed by atoms with E-state index in [0.29, 0.717) is 36.0 Å². The third-order valence-electron chi connectivity index (χ3n) is 5.27. The molecule has 0 atom stereocenters. The quantitative estimate of drug-likeness (QED) is 0.335. The zero-order valence-corrected chi connectivity index (χ0v) is 20.7. The molecule has 0 saturated carbocycles. The molecule has 0 bridgehead atoms. The smallest absolute Gasteiger partial charge is 0.231 e. The standard InChI is InChI=1S/C25H18Br2O6/c1-29-21-5-2-17(26)6-14(21)9-23-24(28)20-4-3-19(10-22(20)33-23)31-12-16-8-18(27)7-15-11-30-13-32-25(15)16/h2-10H,11-13H2,1H3/b23-9-. The molecule has 2 aliphatic rings. The van der Waals surface area contributed by atoms with Crippen LogP contribution in [-0.2, 0) is 18.0 Å². The van der Waals surface area contributed by atoms with Gasteiger partial charge < -0.3 is 23.7 Å². The summed E-state index contributed by atoms with van der Waals surface area (Å²) in [5, 5.41) is 0. The van der Waals surface area contributed by atoms with E-state index in [1.807, 2.05) is 30.3 Å². The van der Waals surface area contributed by atoms with Crippen molar-refractivity contribution in [3.8, 4) is 23.0 Å². The van der Waals surface area contributed by atoms with Gasteiger partial charge >= 0.3 is 0 Å². The predicted molar refractivity (Wildman–Crippen MR) is 129 cm³/mol. The van der Waals surface area contributed by atoms with Gasteiger partial charge in [0.05, 0.1) is 19.3 Å². The molecule has 0 aromatic heterocycles. The zero-order valence-electron chi connectivity index (χ0n) is 17.5. The highest BCUT2D eigenvalue weighted by molar-refractivity contribution is 9.10. The van der Waals surface area contributed by atoms with Crippen molar-refractivity contribution in [2.24, 2.45) is 0 Å². The molecule has 0 spiro atoms. The predicted octanol–water partition coefficient (Wildman–Crippen LogP) is 6.28. The highest BCUT2D eigenvalue weighted by Crippen LogP contribution is 2.37. The maximum Gasteiger partial charge on any atom is 0.231 e. The molecule has 0 radical (unpaired) electrons. The Hall–Kier alpha value is -2.81. The van der Waals surface area contributed by atoms with Crippen LogP contribution in [0.1, 0.15) is 27.0 Å². The molecule has 0 amide bonds. The first-order valence-electron chi connectivity index (χ1n) is 10.1. The summed E-state index contributed by atoms with van der Waals surface area (Å²) in [7, 11) is 1.58. The van der Waals surface area contributed by atoms with Crippen molar-refractivity contribution in [2.75, 3.05) is 13.9 Å². The van der Waals surface area contributed by atoms with Crippen LogP contribution >= 0.6 is 31.9 Å². The first kappa shape index (κ1) is 22.0. The van der Waals surface area contributed by atoms with Gasteiger partial charge in [0, 0.05) is 31.7 Å². The molecule has 6 nitrogen and oxygen atoms in total. The summed E-state index contributed by atoms with van der Waals surface area (Å²) >= 11 is 6.97. The molecule has 8 heteroatoms. The number of carbonyl (C=O) groups excluding carboxylic acids is 1. The maximum absolute atomic E-state index is 12.9. The van der Waals surface area contributed by atoms with Crippen molar-refractivity contribution in [2.45, 2.75) is 13.2 Å².